The Morgan fingerprint density at radius 1 is 1.05 bits per heavy atom. The average molecular weight is 518 g/mol. The predicted octanol–water partition coefficient (Wildman–Crippen LogP) is 5.18. The van der Waals surface area contributed by atoms with Crippen LogP contribution in [0.1, 0.15) is 32.7 Å². The van der Waals surface area contributed by atoms with E-state index >= 15 is 0 Å². The lowest BCUT2D eigenvalue weighted by molar-refractivity contribution is 0.0758. The molecule has 1 amide bonds. The van der Waals surface area contributed by atoms with Crippen LogP contribution in [0, 0.1) is 12.7 Å². The van der Waals surface area contributed by atoms with Gasteiger partial charge in [0.1, 0.15) is 5.82 Å². The number of nitrogens with zero attached hydrogens (tertiary/aromatic N) is 3. The number of benzene rings is 3. The van der Waals surface area contributed by atoms with E-state index in [0.717, 1.165) is 11.1 Å². The lowest BCUT2D eigenvalue weighted by Gasteiger charge is -2.22. The summed E-state index contributed by atoms with van der Waals surface area (Å²) in [6.45, 7) is 6.13. The third kappa shape index (κ3) is 6.21. The van der Waals surface area contributed by atoms with Crippen molar-refractivity contribution in [1.82, 2.24) is 14.5 Å². The summed E-state index contributed by atoms with van der Waals surface area (Å²) in [5.41, 5.74) is 3.21. The molecule has 0 unspecified atom stereocenters. The minimum absolute atomic E-state index is 0.0636. The molecular formula is C29H28FN3O3S. The number of hydrogen-bond acceptors (Lipinski definition) is 4. The van der Waals surface area contributed by atoms with Crippen LogP contribution in [-0.2, 0) is 28.7 Å². The van der Waals surface area contributed by atoms with E-state index in [4.69, 9.17) is 0 Å². The zero-order chi connectivity index (χ0) is 26.4. The Morgan fingerprint density at radius 2 is 1.78 bits per heavy atom. The number of amides is 1. The molecule has 0 radical (unpaired) electrons. The number of imidazole rings is 1. The number of aryl methyl sites for hydroxylation is 1. The van der Waals surface area contributed by atoms with Crippen LogP contribution >= 0.6 is 0 Å². The molecule has 3 aromatic carbocycles. The van der Waals surface area contributed by atoms with Crippen molar-refractivity contribution in [1.29, 1.82) is 0 Å². The highest BCUT2D eigenvalue weighted by molar-refractivity contribution is 7.90. The number of aromatic nitrogens is 2. The molecule has 0 spiro atoms. The van der Waals surface area contributed by atoms with Crippen LogP contribution in [0.5, 0.6) is 0 Å². The maximum atomic E-state index is 13.8. The van der Waals surface area contributed by atoms with Crippen molar-refractivity contribution in [2.45, 2.75) is 30.9 Å². The SMILES string of the molecule is C=CCN(Cc1cnc(S(=O)(=O)Cc2ccccc2C)n1Cc1ccccc1)C(=O)c1cccc(F)c1. The van der Waals surface area contributed by atoms with Gasteiger partial charge in [-0.15, -0.1) is 6.58 Å². The highest BCUT2D eigenvalue weighted by Gasteiger charge is 2.26. The molecule has 4 rings (SSSR count). The molecule has 4 aromatic rings. The van der Waals surface area contributed by atoms with Crippen LogP contribution in [0.4, 0.5) is 4.39 Å². The highest BCUT2D eigenvalue weighted by atomic mass is 32.2. The summed E-state index contributed by atoms with van der Waals surface area (Å²) in [6.07, 6.45) is 3.06. The number of sulfone groups is 1. The molecule has 0 fully saturated rings. The second kappa shape index (κ2) is 11.3. The van der Waals surface area contributed by atoms with Crippen LogP contribution in [0.2, 0.25) is 0 Å². The Kier molecular flexibility index (Phi) is 7.98. The second-order valence-corrected chi connectivity index (χ2v) is 10.7. The van der Waals surface area contributed by atoms with Gasteiger partial charge in [-0.25, -0.2) is 17.8 Å². The van der Waals surface area contributed by atoms with Crippen molar-refractivity contribution >= 4 is 15.7 Å². The standard InChI is InChI=1S/C29H28FN3O3S/c1-3-16-32(28(34)24-14-9-15-26(30)17-24)20-27-18-31-29(33(27)19-23-11-5-4-6-12-23)37(35,36)21-25-13-8-7-10-22(25)2/h3-15,17-18H,1,16,19-21H2,2H3. The number of halogens is 1. The summed E-state index contributed by atoms with van der Waals surface area (Å²) < 4.78 is 42.5. The van der Waals surface area contributed by atoms with Crippen LogP contribution in [0.15, 0.2) is 103 Å². The Labute approximate surface area is 216 Å². The van der Waals surface area contributed by atoms with Crippen molar-refractivity contribution in [3.63, 3.8) is 0 Å². The quantitative estimate of drug-likeness (QED) is 0.272. The van der Waals surface area contributed by atoms with Crippen molar-refractivity contribution in [3.05, 3.63) is 131 Å². The van der Waals surface area contributed by atoms with Gasteiger partial charge in [0.05, 0.1) is 30.7 Å². The molecule has 0 atom stereocenters. The van der Waals surface area contributed by atoms with Crippen LogP contribution in [0.3, 0.4) is 0 Å². The molecule has 1 heterocycles. The molecule has 0 aliphatic heterocycles. The molecular weight excluding hydrogens is 489 g/mol. The van der Waals surface area contributed by atoms with Crippen molar-refractivity contribution in [3.8, 4) is 0 Å². The molecule has 190 valence electrons. The van der Waals surface area contributed by atoms with Gasteiger partial charge in [-0.2, -0.15) is 0 Å². The molecule has 37 heavy (non-hydrogen) atoms. The van der Waals surface area contributed by atoms with E-state index in [1.165, 1.54) is 29.3 Å². The molecule has 0 saturated carbocycles. The summed E-state index contributed by atoms with van der Waals surface area (Å²) in [5, 5.41) is -0.0636. The predicted molar refractivity (Wildman–Crippen MR) is 141 cm³/mol. The molecule has 1 aromatic heterocycles. The summed E-state index contributed by atoms with van der Waals surface area (Å²) in [7, 11) is -3.81. The Hall–Kier alpha value is -4.04. The maximum Gasteiger partial charge on any atom is 0.254 e. The fourth-order valence-electron chi connectivity index (χ4n) is 4.12. The van der Waals surface area contributed by atoms with Gasteiger partial charge in [0.15, 0.2) is 0 Å². The minimum Gasteiger partial charge on any atom is -0.329 e. The van der Waals surface area contributed by atoms with Gasteiger partial charge in [0, 0.05) is 12.1 Å². The van der Waals surface area contributed by atoms with E-state index in [0.29, 0.717) is 11.3 Å². The van der Waals surface area contributed by atoms with Gasteiger partial charge in [-0.05, 0) is 41.8 Å². The maximum absolute atomic E-state index is 13.8. The number of hydrogen-bond donors (Lipinski definition) is 0. The van der Waals surface area contributed by atoms with Crippen LogP contribution in [-0.4, -0.2) is 35.3 Å². The summed E-state index contributed by atoms with van der Waals surface area (Å²) in [4.78, 5) is 19.0. The van der Waals surface area contributed by atoms with Gasteiger partial charge in [0.25, 0.3) is 5.91 Å². The Bertz CT molecular complexity index is 1510. The fraction of sp³-hybridized carbons (Fsp3) is 0.172. The van der Waals surface area contributed by atoms with E-state index in [1.54, 1.807) is 22.8 Å². The second-order valence-electron chi connectivity index (χ2n) is 8.77. The molecule has 0 saturated heterocycles. The molecule has 0 bridgehead atoms. The van der Waals surface area contributed by atoms with E-state index in [9.17, 15) is 17.6 Å². The lowest BCUT2D eigenvalue weighted by atomic mass is 10.1. The fourth-order valence-corrected chi connectivity index (χ4v) is 5.71. The highest BCUT2D eigenvalue weighted by Crippen LogP contribution is 2.22. The number of carbonyl (C=O) groups is 1. The van der Waals surface area contributed by atoms with Crippen molar-refractivity contribution < 1.29 is 17.6 Å². The number of carbonyl (C=O) groups excluding carboxylic acids is 1. The molecule has 0 aliphatic rings. The summed E-state index contributed by atoms with van der Waals surface area (Å²) >= 11 is 0. The normalized spacial score (nSPS) is 11.3. The molecule has 6 nitrogen and oxygen atoms in total. The lowest BCUT2D eigenvalue weighted by Crippen LogP contribution is -2.32. The van der Waals surface area contributed by atoms with E-state index < -0.39 is 21.6 Å². The Balaban J connectivity index is 1.73. The Morgan fingerprint density at radius 3 is 2.49 bits per heavy atom. The monoisotopic (exact) mass is 517 g/mol. The largest absolute Gasteiger partial charge is 0.329 e. The zero-order valence-electron chi connectivity index (χ0n) is 20.5. The first-order valence-electron chi connectivity index (χ1n) is 11.8. The first-order valence-corrected chi connectivity index (χ1v) is 13.4. The zero-order valence-corrected chi connectivity index (χ0v) is 21.4. The van der Waals surface area contributed by atoms with E-state index in [2.05, 4.69) is 11.6 Å². The first kappa shape index (κ1) is 26.0. The first-order chi connectivity index (χ1) is 17.8. The number of rotatable bonds is 10. The van der Waals surface area contributed by atoms with Crippen molar-refractivity contribution in [2.24, 2.45) is 0 Å². The minimum atomic E-state index is -3.81. The molecule has 0 aliphatic carbocycles. The van der Waals surface area contributed by atoms with E-state index in [1.807, 2.05) is 55.5 Å². The van der Waals surface area contributed by atoms with Crippen molar-refractivity contribution in [2.75, 3.05) is 6.54 Å². The summed E-state index contributed by atoms with van der Waals surface area (Å²) in [6, 6.07) is 22.3. The summed E-state index contributed by atoms with van der Waals surface area (Å²) in [5.74, 6) is -1.09. The van der Waals surface area contributed by atoms with Gasteiger partial charge < -0.3 is 9.47 Å². The molecule has 8 heteroatoms. The van der Waals surface area contributed by atoms with E-state index in [-0.39, 0.29) is 36.1 Å². The molecule has 0 N–H and O–H groups in total. The topological polar surface area (TPSA) is 72.3 Å². The average Bonchev–Trinajstić information content (AvgIpc) is 3.28. The van der Waals surface area contributed by atoms with Gasteiger partial charge in [-0.1, -0.05) is 66.7 Å². The smallest absolute Gasteiger partial charge is 0.254 e. The van der Waals surface area contributed by atoms with Crippen LogP contribution < -0.4 is 0 Å². The van der Waals surface area contributed by atoms with Gasteiger partial charge in [0.2, 0.25) is 15.0 Å². The van der Waals surface area contributed by atoms with Crippen LogP contribution in [0.25, 0.3) is 0 Å². The van der Waals surface area contributed by atoms with Gasteiger partial charge in [-0.3, -0.25) is 4.79 Å². The third-order valence-corrected chi connectivity index (χ3v) is 7.60. The van der Waals surface area contributed by atoms with Gasteiger partial charge >= 0.3 is 0 Å². The third-order valence-electron chi connectivity index (χ3n) is 6.03.